The molecule has 5 nitrogen and oxygen atoms in total. The van der Waals surface area contributed by atoms with Crippen LogP contribution in [0.5, 0.6) is 17.2 Å². The van der Waals surface area contributed by atoms with E-state index in [1.165, 1.54) is 0 Å². The number of carbonyl (C=O) groups excluding carboxylic acids is 1. The van der Waals surface area contributed by atoms with Crippen LogP contribution in [0, 0.1) is 0 Å². The predicted octanol–water partition coefficient (Wildman–Crippen LogP) is 2.86. The Hall–Kier alpha value is -2.69. The number of rotatable bonds is 4. The van der Waals surface area contributed by atoms with Crippen LogP contribution < -0.4 is 19.5 Å². The number of anilines is 1. The van der Waals surface area contributed by atoms with E-state index in [1.54, 1.807) is 12.1 Å². The normalized spacial score (nSPS) is 16.0. The number of ether oxygens (including phenoxy) is 3. The molecule has 3 rings (SSSR count). The van der Waals surface area contributed by atoms with Crippen LogP contribution in [-0.2, 0) is 4.79 Å². The molecule has 0 spiro atoms. The molecule has 0 aromatic heterocycles. The summed E-state index contributed by atoms with van der Waals surface area (Å²) in [5.41, 5.74) is 0.622. The molecule has 0 fully saturated rings. The van der Waals surface area contributed by atoms with Crippen molar-refractivity contribution in [3.63, 3.8) is 0 Å². The highest BCUT2D eigenvalue weighted by Gasteiger charge is 2.27. The van der Waals surface area contributed by atoms with Gasteiger partial charge in [-0.1, -0.05) is 24.3 Å². The van der Waals surface area contributed by atoms with Gasteiger partial charge in [-0.2, -0.15) is 0 Å². The van der Waals surface area contributed by atoms with E-state index in [1.807, 2.05) is 43.3 Å². The van der Waals surface area contributed by atoms with Crippen molar-refractivity contribution >= 4 is 11.6 Å². The molecule has 2 aromatic carbocycles. The summed E-state index contributed by atoms with van der Waals surface area (Å²) in [5.74, 6) is 1.60. The number of carbonyl (C=O) groups is 1. The Morgan fingerprint density at radius 1 is 1.18 bits per heavy atom. The molecule has 1 aliphatic rings. The summed E-state index contributed by atoms with van der Waals surface area (Å²) in [4.78, 5) is 12.4. The van der Waals surface area contributed by atoms with Gasteiger partial charge in [0.15, 0.2) is 11.5 Å². The molecule has 1 amide bonds. The third-order valence-corrected chi connectivity index (χ3v) is 3.25. The third kappa shape index (κ3) is 2.98. The van der Waals surface area contributed by atoms with Crippen molar-refractivity contribution in [1.29, 1.82) is 0 Å². The predicted molar refractivity (Wildman–Crippen MR) is 82.6 cm³/mol. The molecule has 0 radical (unpaired) electrons. The number of nitrogens with one attached hydrogen (secondary N) is 1. The van der Waals surface area contributed by atoms with E-state index in [9.17, 15) is 4.79 Å². The number of para-hydroxylation sites is 4. The van der Waals surface area contributed by atoms with Crippen LogP contribution in [-0.4, -0.2) is 25.2 Å². The first-order chi connectivity index (χ1) is 10.8. The first kappa shape index (κ1) is 14.3. The van der Waals surface area contributed by atoms with Crippen LogP contribution in [0.3, 0.4) is 0 Å². The van der Waals surface area contributed by atoms with Gasteiger partial charge in [-0.3, -0.25) is 4.79 Å². The van der Waals surface area contributed by atoms with E-state index in [0.717, 1.165) is 0 Å². The van der Waals surface area contributed by atoms with Crippen LogP contribution in [0.15, 0.2) is 48.5 Å². The Bertz CT molecular complexity index is 671. The molecule has 0 aliphatic carbocycles. The number of hydrogen-bond donors (Lipinski definition) is 1. The fourth-order valence-electron chi connectivity index (χ4n) is 2.21. The van der Waals surface area contributed by atoms with Crippen LogP contribution in [0.2, 0.25) is 0 Å². The first-order valence-electron chi connectivity index (χ1n) is 7.19. The summed E-state index contributed by atoms with van der Waals surface area (Å²) < 4.78 is 16.7. The zero-order valence-electron chi connectivity index (χ0n) is 12.2. The van der Waals surface area contributed by atoms with Gasteiger partial charge in [-0.05, 0) is 31.2 Å². The Labute approximate surface area is 128 Å². The Balaban J connectivity index is 1.71. The maximum Gasteiger partial charge on any atom is 0.269 e. The third-order valence-electron chi connectivity index (χ3n) is 3.25. The molecule has 0 saturated heterocycles. The fraction of sp³-hybridized carbons (Fsp3) is 0.235. The standard InChI is InChI=1S/C17H17NO4/c1-2-20-13-8-4-3-7-12(13)18-17(19)16-11-21-14-9-5-6-10-15(14)22-16/h3-10,16H,2,11H2,1H3,(H,18,19)/t16-/m0/s1. The second-order valence-electron chi connectivity index (χ2n) is 4.78. The van der Waals surface area contributed by atoms with Crippen LogP contribution in [0.4, 0.5) is 5.69 Å². The van der Waals surface area contributed by atoms with Gasteiger partial charge in [-0.25, -0.2) is 0 Å². The van der Waals surface area contributed by atoms with Gasteiger partial charge in [0.2, 0.25) is 6.10 Å². The highest BCUT2D eigenvalue weighted by Crippen LogP contribution is 2.31. The summed E-state index contributed by atoms with van der Waals surface area (Å²) in [5, 5.41) is 2.83. The van der Waals surface area contributed by atoms with Crippen LogP contribution in [0.25, 0.3) is 0 Å². The van der Waals surface area contributed by atoms with Crippen molar-refractivity contribution in [2.45, 2.75) is 13.0 Å². The van der Waals surface area contributed by atoms with Gasteiger partial charge in [0, 0.05) is 0 Å². The molecule has 5 heteroatoms. The van der Waals surface area contributed by atoms with Gasteiger partial charge in [0.25, 0.3) is 5.91 Å². The molecular weight excluding hydrogens is 282 g/mol. The average molecular weight is 299 g/mol. The topological polar surface area (TPSA) is 56.8 Å². The molecule has 1 atom stereocenters. The summed E-state index contributed by atoms with van der Waals surface area (Å²) in [7, 11) is 0. The SMILES string of the molecule is CCOc1ccccc1NC(=O)[C@@H]1COc2ccccc2O1. The molecular formula is C17H17NO4. The average Bonchev–Trinajstić information content (AvgIpc) is 2.56. The molecule has 22 heavy (non-hydrogen) atoms. The van der Waals surface area contributed by atoms with Crippen molar-refractivity contribution < 1.29 is 19.0 Å². The minimum Gasteiger partial charge on any atom is -0.492 e. The molecule has 1 N–H and O–H groups in total. The number of amides is 1. The summed E-state index contributed by atoms with van der Waals surface area (Å²) >= 11 is 0. The van der Waals surface area contributed by atoms with E-state index in [4.69, 9.17) is 14.2 Å². The van der Waals surface area contributed by atoms with E-state index in [0.29, 0.717) is 29.5 Å². The van der Waals surface area contributed by atoms with Crippen LogP contribution >= 0.6 is 0 Å². The Morgan fingerprint density at radius 3 is 2.73 bits per heavy atom. The quantitative estimate of drug-likeness (QED) is 0.943. The Kier molecular flexibility index (Phi) is 4.14. The van der Waals surface area contributed by atoms with E-state index in [2.05, 4.69) is 5.32 Å². The lowest BCUT2D eigenvalue weighted by Crippen LogP contribution is -2.40. The highest BCUT2D eigenvalue weighted by atomic mass is 16.6. The van der Waals surface area contributed by atoms with Crippen molar-refractivity contribution in [1.82, 2.24) is 0 Å². The molecule has 0 saturated carbocycles. The molecule has 114 valence electrons. The lowest BCUT2D eigenvalue weighted by atomic mass is 10.2. The van der Waals surface area contributed by atoms with Gasteiger partial charge in [0.05, 0.1) is 12.3 Å². The lowest BCUT2D eigenvalue weighted by Gasteiger charge is -2.25. The first-order valence-corrected chi connectivity index (χ1v) is 7.19. The molecule has 0 unspecified atom stereocenters. The number of hydrogen-bond acceptors (Lipinski definition) is 4. The van der Waals surface area contributed by atoms with Crippen molar-refractivity contribution in [3.8, 4) is 17.2 Å². The second kappa shape index (κ2) is 6.39. The zero-order valence-corrected chi connectivity index (χ0v) is 12.2. The maximum atomic E-state index is 12.4. The fourth-order valence-corrected chi connectivity index (χ4v) is 2.21. The Morgan fingerprint density at radius 2 is 1.91 bits per heavy atom. The van der Waals surface area contributed by atoms with Gasteiger partial charge < -0.3 is 19.5 Å². The van der Waals surface area contributed by atoms with E-state index in [-0.39, 0.29) is 12.5 Å². The molecule has 2 aromatic rings. The van der Waals surface area contributed by atoms with Crippen molar-refractivity contribution in [2.24, 2.45) is 0 Å². The molecule has 0 bridgehead atoms. The largest absolute Gasteiger partial charge is 0.492 e. The number of fused-ring (bicyclic) bond motifs is 1. The minimum atomic E-state index is -0.690. The molecule has 1 heterocycles. The maximum absolute atomic E-state index is 12.4. The lowest BCUT2D eigenvalue weighted by molar-refractivity contribution is -0.125. The van der Waals surface area contributed by atoms with E-state index < -0.39 is 6.10 Å². The second-order valence-corrected chi connectivity index (χ2v) is 4.78. The van der Waals surface area contributed by atoms with Gasteiger partial charge in [-0.15, -0.1) is 0 Å². The van der Waals surface area contributed by atoms with Crippen molar-refractivity contribution in [3.05, 3.63) is 48.5 Å². The smallest absolute Gasteiger partial charge is 0.269 e. The summed E-state index contributed by atoms with van der Waals surface area (Å²) in [6.07, 6.45) is -0.690. The van der Waals surface area contributed by atoms with Gasteiger partial charge in [0.1, 0.15) is 12.4 Å². The minimum absolute atomic E-state index is 0.180. The zero-order chi connectivity index (χ0) is 15.4. The molecule has 1 aliphatic heterocycles. The highest BCUT2D eigenvalue weighted by molar-refractivity contribution is 5.96. The van der Waals surface area contributed by atoms with Gasteiger partial charge >= 0.3 is 0 Å². The van der Waals surface area contributed by atoms with Crippen molar-refractivity contribution in [2.75, 3.05) is 18.5 Å². The number of benzene rings is 2. The monoisotopic (exact) mass is 299 g/mol. The summed E-state index contributed by atoms with van der Waals surface area (Å²) in [6, 6.07) is 14.6. The van der Waals surface area contributed by atoms with E-state index >= 15 is 0 Å². The summed E-state index contributed by atoms with van der Waals surface area (Å²) in [6.45, 7) is 2.61. The van der Waals surface area contributed by atoms with Crippen LogP contribution in [0.1, 0.15) is 6.92 Å².